The van der Waals surface area contributed by atoms with Crippen LogP contribution in [0.15, 0.2) is 12.1 Å². The minimum absolute atomic E-state index is 0.0910. The molecule has 2 rings (SSSR count). The molecule has 16 heavy (non-hydrogen) atoms. The lowest BCUT2D eigenvalue weighted by Gasteiger charge is -2.21. The number of fused-ring (bicyclic) bond motifs is 1. The summed E-state index contributed by atoms with van der Waals surface area (Å²) in [7, 11) is 0. The summed E-state index contributed by atoms with van der Waals surface area (Å²) in [5, 5.41) is 0. The summed E-state index contributed by atoms with van der Waals surface area (Å²) in [6.07, 6.45) is 0.748. The average molecular weight is 245 g/mol. The monoisotopic (exact) mass is 244 g/mol. The molecule has 0 N–H and O–H groups in total. The fourth-order valence-corrected chi connectivity index (χ4v) is 2.10. The fraction of sp³-hybridized carbons (Fsp3) is 0.500. The van der Waals surface area contributed by atoms with E-state index in [-0.39, 0.29) is 11.7 Å². The maximum Gasteiger partial charge on any atom is 0.164 e. The fourth-order valence-electron chi connectivity index (χ4n) is 1.78. The molecule has 0 aliphatic carbocycles. The van der Waals surface area contributed by atoms with E-state index >= 15 is 0 Å². The summed E-state index contributed by atoms with van der Waals surface area (Å²) in [6.45, 7) is 2.95. The van der Waals surface area contributed by atoms with Gasteiger partial charge in [0.25, 0.3) is 0 Å². The molecule has 2 nitrogen and oxygen atoms in total. The van der Waals surface area contributed by atoms with Crippen LogP contribution in [0.2, 0.25) is 0 Å². The van der Waals surface area contributed by atoms with E-state index < -0.39 is 0 Å². The first-order valence-corrected chi connectivity index (χ1v) is 5.91. The highest BCUT2D eigenvalue weighted by molar-refractivity contribution is 6.17. The van der Waals surface area contributed by atoms with Gasteiger partial charge in [0.2, 0.25) is 0 Å². The molecule has 0 radical (unpaired) electrons. The Kier molecular flexibility index (Phi) is 3.54. The third-order valence-corrected chi connectivity index (χ3v) is 2.95. The molecule has 0 saturated carbocycles. The zero-order valence-electron chi connectivity index (χ0n) is 9.13. The molecular weight excluding hydrogens is 231 g/mol. The van der Waals surface area contributed by atoms with Gasteiger partial charge in [-0.05, 0) is 24.0 Å². The number of hydrogen-bond donors (Lipinski definition) is 0. The Bertz CT molecular complexity index is 382. The lowest BCUT2D eigenvalue weighted by Crippen LogP contribution is -2.16. The predicted octanol–water partition coefficient (Wildman–Crippen LogP) is 3.33. The van der Waals surface area contributed by atoms with Crippen LogP contribution in [0.25, 0.3) is 0 Å². The van der Waals surface area contributed by atoms with Crippen LogP contribution >= 0.6 is 11.6 Å². The molecule has 1 aromatic rings. The van der Waals surface area contributed by atoms with Crippen LogP contribution in [0.5, 0.6) is 11.5 Å². The van der Waals surface area contributed by atoms with Gasteiger partial charge in [-0.15, -0.1) is 11.6 Å². The quantitative estimate of drug-likeness (QED) is 0.760. The molecule has 0 amide bonds. The number of hydrogen-bond acceptors (Lipinski definition) is 2. The smallest absolute Gasteiger partial charge is 0.164 e. The maximum absolute atomic E-state index is 13.8. The average Bonchev–Trinajstić information content (AvgIpc) is 2.28. The summed E-state index contributed by atoms with van der Waals surface area (Å²) in [5.41, 5.74) is 0.643. The molecule has 1 unspecified atom stereocenters. The van der Waals surface area contributed by atoms with Gasteiger partial charge < -0.3 is 9.47 Å². The summed E-state index contributed by atoms with van der Waals surface area (Å²) in [4.78, 5) is 0. The van der Waals surface area contributed by atoms with Crippen LogP contribution in [0, 0.1) is 5.82 Å². The first-order valence-electron chi connectivity index (χ1n) is 5.37. The van der Waals surface area contributed by atoms with E-state index in [9.17, 15) is 4.39 Å². The normalized spacial score (nSPS) is 15.9. The highest BCUT2D eigenvalue weighted by Crippen LogP contribution is 2.35. The molecule has 0 bridgehead atoms. The summed E-state index contributed by atoms with van der Waals surface area (Å²) < 4.78 is 24.5. The molecule has 88 valence electrons. The third-order valence-electron chi connectivity index (χ3n) is 2.73. The van der Waals surface area contributed by atoms with Crippen LogP contribution in [0.4, 0.5) is 4.39 Å². The van der Waals surface area contributed by atoms with Gasteiger partial charge in [0.15, 0.2) is 11.5 Å². The van der Waals surface area contributed by atoms with Gasteiger partial charge in [0, 0.05) is 11.9 Å². The number of alkyl halides is 1. The molecule has 1 heterocycles. The summed E-state index contributed by atoms with van der Waals surface area (Å²) in [6, 6.07) is 3.12. The molecule has 1 atom stereocenters. The van der Waals surface area contributed by atoms with E-state index in [1.807, 2.05) is 6.92 Å². The lowest BCUT2D eigenvalue weighted by molar-refractivity contribution is 0.170. The van der Waals surface area contributed by atoms with Crippen molar-refractivity contribution in [1.29, 1.82) is 0 Å². The first-order chi connectivity index (χ1) is 7.72. The molecule has 1 aliphatic heterocycles. The van der Waals surface area contributed by atoms with Crippen molar-refractivity contribution in [3.63, 3.8) is 0 Å². The van der Waals surface area contributed by atoms with E-state index in [4.69, 9.17) is 21.1 Å². The molecule has 1 aromatic carbocycles. The highest BCUT2D eigenvalue weighted by atomic mass is 35.5. The van der Waals surface area contributed by atoms with Crippen molar-refractivity contribution in [2.45, 2.75) is 19.3 Å². The van der Waals surface area contributed by atoms with Crippen molar-refractivity contribution < 1.29 is 13.9 Å². The van der Waals surface area contributed by atoms with Gasteiger partial charge in [-0.3, -0.25) is 0 Å². The van der Waals surface area contributed by atoms with Crippen LogP contribution in [-0.2, 0) is 0 Å². The molecule has 0 saturated heterocycles. The van der Waals surface area contributed by atoms with Gasteiger partial charge in [-0.1, -0.05) is 6.92 Å². The second-order valence-corrected chi connectivity index (χ2v) is 4.27. The largest absolute Gasteiger partial charge is 0.486 e. The van der Waals surface area contributed by atoms with E-state index in [0.29, 0.717) is 36.2 Å². The summed E-state index contributed by atoms with van der Waals surface area (Å²) >= 11 is 5.66. The van der Waals surface area contributed by atoms with Crippen LogP contribution in [-0.4, -0.2) is 19.1 Å². The van der Waals surface area contributed by atoms with Crippen molar-refractivity contribution >= 4 is 11.6 Å². The Balaban J connectivity index is 2.31. The van der Waals surface area contributed by atoms with Gasteiger partial charge in [0.1, 0.15) is 19.0 Å². The van der Waals surface area contributed by atoms with E-state index in [0.717, 1.165) is 6.42 Å². The van der Waals surface area contributed by atoms with Crippen LogP contribution in [0.3, 0.4) is 0 Å². The van der Waals surface area contributed by atoms with Crippen LogP contribution < -0.4 is 9.47 Å². The lowest BCUT2D eigenvalue weighted by atomic mass is 9.97. The minimum Gasteiger partial charge on any atom is -0.486 e. The molecule has 1 aliphatic rings. The second-order valence-electron chi connectivity index (χ2n) is 3.90. The molecular formula is C12H14ClFO2. The predicted molar refractivity (Wildman–Crippen MR) is 61.1 cm³/mol. The Labute approximate surface area is 99.3 Å². The van der Waals surface area contributed by atoms with Gasteiger partial charge in [0.05, 0.1) is 0 Å². The Morgan fingerprint density at radius 3 is 2.56 bits per heavy atom. The van der Waals surface area contributed by atoms with Crippen molar-refractivity contribution in [2.75, 3.05) is 19.1 Å². The van der Waals surface area contributed by atoms with Gasteiger partial charge >= 0.3 is 0 Å². The second kappa shape index (κ2) is 4.91. The topological polar surface area (TPSA) is 18.5 Å². The Morgan fingerprint density at radius 2 is 1.94 bits per heavy atom. The standard InChI is InChI=1S/C12H14ClFO2/c1-8(2-3-13)9-6-11-12(7-10(9)14)16-5-4-15-11/h6-8H,2-5H2,1H3. The number of benzene rings is 1. The first kappa shape index (κ1) is 11.5. The zero-order valence-corrected chi connectivity index (χ0v) is 9.89. The van der Waals surface area contributed by atoms with Gasteiger partial charge in [-0.25, -0.2) is 4.39 Å². The number of rotatable bonds is 3. The molecule has 0 spiro atoms. The van der Waals surface area contributed by atoms with E-state index in [1.54, 1.807) is 6.07 Å². The van der Waals surface area contributed by atoms with E-state index in [1.165, 1.54) is 6.07 Å². The summed E-state index contributed by atoms with van der Waals surface area (Å²) in [5.74, 6) is 1.49. The molecule has 4 heteroatoms. The SMILES string of the molecule is CC(CCCl)c1cc2c(cc1F)OCCO2. The van der Waals surface area contributed by atoms with Crippen molar-refractivity contribution in [3.05, 3.63) is 23.5 Å². The number of ether oxygens (including phenoxy) is 2. The minimum atomic E-state index is -0.248. The Hall–Kier alpha value is -0.960. The van der Waals surface area contributed by atoms with Crippen molar-refractivity contribution in [2.24, 2.45) is 0 Å². The third kappa shape index (κ3) is 2.24. The van der Waals surface area contributed by atoms with E-state index in [2.05, 4.69) is 0 Å². The Morgan fingerprint density at radius 1 is 1.31 bits per heavy atom. The maximum atomic E-state index is 13.8. The van der Waals surface area contributed by atoms with Crippen LogP contribution in [0.1, 0.15) is 24.8 Å². The molecule has 0 aromatic heterocycles. The zero-order chi connectivity index (χ0) is 11.5. The number of halogens is 2. The highest BCUT2D eigenvalue weighted by Gasteiger charge is 2.18. The van der Waals surface area contributed by atoms with Crippen molar-refractivity contribution in [3.8, 4) is 11.5 Å². The van der Waals surface area contributed by atoms with Crippen molar-refractivity contribution in [1.82, 2.24) is 0 Å². The molecule has 0 fully saturated rings. The van der Waals surface area contributed by atoms with Gasteiger partial charge in [-0.2, -0.15) is 0 Å².